The number of ether oxygens (including phenoxy) is 1. The summed E-state index contributed by atoms with van der Waals surface area (Å²) < 4.78 is 30.8. The Labute approximate surface area is 139 Å². The normalized spacial score (nSPS) is 10.9. The molecule has 0 saturated carbocycles. The van der Waals surface area contributed by atoms with Crippen LogP contribution >= 0.6 is 0 Å². The first kappa shape index (κ1) is 17.5. The minimum absolute atomic E-state index is 0.120. The third-order valence-electron chi connectivity index (χ3n) is 3.39. The lowest BCUT2D eigenvalue weighted by molar-refractivity contribution is 0.0600. The summed E-state index contributed by atoms with van der Waals surface area (Å²) in [7, 11) is -1.34. The van der Waals surface area contributed by atoms with Gasteiger partial charge in [-0.05, 0) is 42.5 Å². The van der Waals surface area contributed by atoms with Crippen molar-refractivity contribution in [1.82, 2.24) is 0 Å². The number of nitrogens with zero attached hydrogens (tertiary/aromatic N) is 1. The molecule has 0 unspecified atom stereocenters. The fourth-order valence-electron chi connectivity index (χ4n) is 2.01. The van der Waals surface area contributed by atoms with Crippen molar-refractivity contribution in [3.05, 3.63) is 59.7 Å². The number of benzene rings is 2. The lowest BCUT2D eigenvalue weighted by atomic mass is 10.2. The van der Waals surface area contributed by atoms with Gasteiger partial charge in [0.05, 0.1) is 28.8 Å². The molecule has 1 N–H and O–H groups in total. The van der Waals surface area contributed by atoms with Crippen molar-refractivity contribution in [2.75, 3.05) is 18.5 Å². The first-order valence-corrected chi connectivity index (χ1v) is 8.22. The molecule has 126 valence electrons. The summed E-state index contributed by atoms with van der Waals surface area (Å²) in [6.45, 7) is 0. The number of aromatic carboxylic acids is 1. The highest BCUT2D eigenvalue weighted by molar-refractivity contribution is 7.92. The highest BCUT2D eigenvalue weighted by Gasteiger charge is 2.22. The molecule has 0 fully saturated rings. The van der Waals surface area contributed by atoms with Gasteiger partial charge in [-0.1, -0.05) is 6.07 Å². The Bertz CT molecular complexity index is 874. The number of sulfonamides is 1. The second kappa shape index (κ2) is 6.71. The maximum absolute atomic E-state index is 12.6. The van der Waals surface area contributed by atoms with Gasteiger partial charge in [-0.2, -0.15) is 0 Å². The fraction of sp³-hybridized carbons (Fsp3) is 0.125. The summed E-state index contributed by atoms with van der Waals surface area (Å²) >= 11 is 0. The van der Waals surface area contributed by atoms with Crippen molar-refractivity contribution in [2.45, 2.75) is 4.90 Å². The third kappa shape index (κ3) is 3.38. The summed E-state index contributed by atoms with van der Waals surface area (Å²) in [6.07, 6.45) is 0. The van der Waals surface area contributed by atoms with Crippen LogP contribution in [0.15, 0.2) is 53.4 Å². The average Bonchev–Trinajstić information content (AvgIpc) is 2.60. The molecule has 2 rings (SSSR count). The van der Waals surface area contributed by atoms with Crippen LogP contribution in [0.3, 0.4) is 0 Å². The number of esters is 1. The standard InChI is InChI=1S/C16H15NO6S/c1-17(13-8-6-11(7-9-13)16(20)23-2)24(21,22)14-5-3-4-12(10-14)15(18)19/h3-10H,1-2H3,(H,18,19). The van der Waals surface area contributed by atoms with Crippen molar-refractivity contribution < 1.29 is 27.9 Å². The summed E-state index contributed by atoms with van der Waals surface area (Å²) in [5.41, 5.74) is 0.494. The topological polar surface area (TPSA) is 101 Å². The van der Waals surface area contributed by atoms with Crippen molar-refractivity contribution >= 4 is 27.6 Å². The lowest BCUT2D eigenvalue weighted by Crippen LogP contribution is -2.26. The van der Waals surface area contributed by atoms with Gasteiger partial charge in [-0.25, -0.2) is 18.0 Å². The minimum atomic E-state index is -3.93. The van der Waals surface area contributed by atoms with Crippen molar-refractivity contribution in [1.29, 1.82) is 0 Å². The number of carboxylic acids is 1. The van der Waals surface area contributed by atoms with Crippen LogP contribution < -0.4 is 4.31 Å². The van der Waals surface area contributed by atoms with Gasteiger partial charge in [0, 0.05) is 7.05 Å². The summed E-state index contributed by atoms with van der Waals surface area (Å²) in [6, 6.07) is 10.9. The largest absolute Gasteiger partial charge is 0.478 e. The molecule has 0 bridgehead atoms. The zero-order chi connectivity index (χ0) is 17.9. The van der Waals surface area contributed by atoms with Crippen molar-refractivity contribution in [2.24, 2.45) is 0 Å². The Morgan fingerprint density at radius 3 is 2.21 bits per heavy atom. The Morgan fingerprint density at radius 1 is 1.04 bits per heavy atom. The number of hydrogen-bond acceptors (Lipinski definition) is 5. The number of carbonyl (C=O) groups is 2. The molecule has 0 amide bonds. The third-order valence-corrected chi connectivity index (χ3v) is 5.17. The molecule has 24 heavy (non-hydrogen) atoms. The van der Waals surface area contributed by atoms with E-state index in [-0.39, 0.29) is 10.5 Å². The molecule has 0 spiro atoms. The monoisotopic (exact) mass is 349 g/mol. The fourth-order valence-corrected chi connectivity index (χ4v) is 3.25. The van der Waals surface area contributed by atoms with Gasteiger partial charge in [0.2, 0.25) is 0 Å². The number of anilines is 1. The van der Waals surface area contributed by atoms with Crippen LogP contribution in [0.4, 0.5) is 5.69 Å². The van der Waals surface area contributed by atoms with Crippen LogP contribution in [0.25, 0.3) is 0 Å². The van der Waals surface area contributed by atoms with Crippen LogP contribution in [-0.4, -0.2) is 39.6 Å². The molecule has 2 aromatic carbocycles. The van der Waals surface area contributed by atoms with E-state index in [1.54, 1.807) is 0 Å². The number of carbonyl (C=O) groups excluding carboxylic acids is 1. The van der Waals surface area contributed by atoms with Gasteiger partial charge < -0.3 is 9.84 Å². The Hall–Kier alpha value is -2.87. The van der Waals surface area contributed by atoms with Crippen LogP contribution in [0.1, 0.15) is 20.7 Å². The Balaban J connectivity index is 2.37. The van der Waals surface area contributed by atoms with Crippen LogP contribution in [0.5, 0.6) is 0 Å². The second-order valence-corrected chi connectivity index (χ2v) is 6.81. The summed E-state index contributed by atoms with van der Waals surface area (Å²) in [5, 5.41) is 8.98. The van der Waals surface area contributed by atoms with Gasteiger partial charge in [-0.3, -0.25) is 4.31 Å². The van der Waals surface area contributed by atoms with Crippen molar-refractivity contribution in [3.63, 3.8) is 0 Å². The molecule has 0 aliphatic rings. The van der Waals surface area contributed by atoms with E-state index in [9.17, 15) is 18.0 Å². The van der Waals surface area contributed by atoms with E-state index >= 15 is 0 Å². The maximum atomic E-state index is 12.6. The van der Waals surface area contributed by atoms with Crippen LogP contribution in [-0.2, 0) is 14.8 Å². The Morgan fingerprint density at radius 2 is 1.67 bits per heavy atom. The predicted octanol–water partition coefficient (Wildman–Crippen LogP) is 2.00. The van der Waals surface area contributed by atoms with E-state index in [2.05, 4.69) is 4.74 Å². The zero-order valence-electron chi connectivity index (χ0n) is 13.0. The molecule has 0 atom stereocenters. The molecule has 8 heteroatoms. The van der Waals surface area contributed by atoms with E-state index in [0.29, 0.717) is 11.3 Å². The van der Waals surface area contributed by atoms with Crippen LogP contribution in [0.2, 0.25) is 0 Å². The smallest absolute Gasteiger partial charge is 0.337 e. The molecule has 0 radical (unpaired) electrons. The highest BCUT2D eigenvalue weighted by atomic mass is 32.2. The van der Waals surface area contributed by atoms with Gasteiger partial charge in [0.1, 0.15) is 0 Å². The lowest BCUT2D eigenvalue weighted by Gasteiger charge is -2.20. The second-order valence-electron chi connectivity index (χ2n) is 4.84. The molecule has 0 aliphatic heterocycles. The van der Waals surface area contributed by atoms with E-state index in [1.165, 1.54) is 56.6 Å². The number of methoxy groups -OCH3 is 1. The van der Waals surface area contributed by atoms with E-state index in [4.69, 9.17) is 5.11 Å². The summed E-state index contributed by atoms with van der Waals surface area (Å²) in [4.78, 5) is 22.3. The maximum Gasteiger partial charge on any atom is 0.337 e. The predicted molar refractivity (Wildman–Crippen MR) is 86.8 cm³/mol. The number of carboxylic acid groups (broad SMARTS) is 1. The molecule has 0 aromatic heterocycles. The van der Waals surface area contributed by atoms with Crippen LogP contribution in [0, 0.1) is 0 Å². The van der Waals surface area contributed by atoms with E-state index < -0.39 is 22.0 Å². The molecular weight excluding hydrogens is 334 g/mol. The molecule has 0 saturated heterocycles. The molecule has 0 heterocycles. The zero-order valence-corrected chi connectivity index (χ0v) is 13.8. The Kier molecular flexibility index (Phi) is 4.89. The molecule has 2 aromatic rings. The summed E-state index contributed by atoms with van der Waals surface area (Å²) in [5.74, 6) is -1.74. The molecule has 0 aliphatic carbocycles. The van der Waals surface area contributed by atoms with E-state index in [1.807, 2.05) is 0 Å². The minimum Gasteiger partial charge on any atom is -0.478 e. The van der Waals surface area contributed by atoms with E-state index in [0.717, 1.165) is 10.4 Å². The first-order chi connectivity index (χ1) is 11.3. The SMILES string of the molecule is COC(=O)c1ccc(N(C)S(=O)(=O)c2cccc(C(=O)O)c2)cc1. The average molecular weight is 349 g/mol. The highest BCUT2D eigenvalue weighted by Crippen LogP contribution is 2.23. The number of hydrogen-bond donors (Lipinski definition) is 1. The number of rotatable bonds is 5. The molecule has 7 nitrogen and oxygen atoms in total. The molecular formula is C16H15NO6S. The van der Waals surface area contributed by atoms with Gasteiger partial charge in [0.25, 0.3) is 10.0 Å². The van der Waals surface area contributed by atoms with Gasteiger partial charge in [0.15, 0.2) is 0 Å². The first-order valence-electron chi connectivity index (χ1n) is 6.78. The van der Waals surface area contributed by atoms with Gasteiger partial charge in [-0.15, -0.1) is 0 Å². The quantitative estimate of drug-likeness (QED) is 0.829. The van der Waals surface area contributed by atoms with Crippen molar-refractivity contribution in [3.8, 4) is 0 Å². The van der Waals surface area contributed by atoms with Gasteiger partial charge >= 0.3 is 11.9 Å².